The van der Waals surface area contributed by atoms with Gasteiger partial charge in [-0.1, -0.05) is 38.6 Å². The molecule has 0 aliphatic rings. The van der Waals surface area contributed by atoms with E-state index in [-0.39, 0.29) is 51.4 Å². The van der Waals surface area contributed by atoms with E-state index in [1.54, 1.807) is 6.08 Å². The van der Waals surface area contributed by atoms with Gasteiger partial charge in [-0.3, -0.25) is 0 Å². The minimum atomic E-state index is -4.62. The summed E-state index contributed by atoms with van der Waals surface area (Å²) in [5.41, 5.74) is 0. The summed E-state index contributed by atoms with van der Waals surface area (Å²) in [7, 11) is 0. The maximum absolute atomic E-state index is 11.7. The van der Waals surface area contributed by atoms with E-state index >= 15 is 0 Å². The third-order valence-corrected chi connectivity index (χ3v) is 1.79. The monoisotopic (exact) mass is 232 g/mol. The van der Waals surface area contributed by atoms with Gasteiger partial charge >= 0.3 is 58.4 Å². The second-order valence-electron chi connectivity index (χ2n) is 3.27. The molecule has 0 saturated heterocycles. The first kappa shape index (κ1) is 17.6. The van der Waals surface area contributed by atoms with E-state index in [4.69, 9.17) is 0 Å². The third-order valence-electron chi connectivity index (χ3n) is 1.79. The Balaban J connectivity index is 0. The fraction of sp³-hybridized carbons (Fsp3) is 0.778. The van der Waals surface area contributed by atoms with E-state index in [0.717, 1.165) is 25.7 Å². The molecule has 0 unspecified atom stereocenters. The molecule has 0 aromatic carbocycles. The van der Waals surface area contributed by atoms with Crippen LogP contribution >= 0.6 is 0 Å². The molecule has 5 heteroatoms. The molecule has 14 heavy (non-hydrogen) atoms. The zero-order valence-electron chi connectivity index (χ0n) is 9.11. The molecule has 0 nitrogen and oxygen atoms in total. The average molecular weight is 232 g/mol. The molecular weight excluding hydrogens is 215 g/mol. The van der Waals surface area contributed by atoms with Gasteiger partial charge in [0.1, 0.15) is 0 Å². The van der Waals surface area contributed by atoms with Crippen LogP contribution in [0.25, 0.3) is 0 Å². The number of rotatable bonds is 7. The third kappa shape index (κ3) is 15.7. The molecule has 78 valence electrons. The summed E-state index contributed by atoms with van der Waals surface area (Å²) in [6.45, 7) is -2.50. The van der Waals surface area contributed by atoms with Gasteiger partial charge in [-0.05, 0) is 12.8 Å². The number of halogens is 3. The van der Waals surface area contributed by atoms with Crippen LogP contribution < -0.4 is 51.4 Å². The summed E-state index contributed by atoms with van der Waals surface area (Å²) in [6, 6.07) is 0. The van der Waals surface area contributed by atoms with Crippen molar-refractivity contribution in [2.75, 3.05) is 0 Å². The van der Waals surface area contributed by atoms with Crippen molar-refractivity contribution in [3.63, 3.8) is 0 Å². The number of hydrogen-bond acceptors (Lipinski definition) is 0. The van der Waals surface area contributed by atoms with Gasteiger partial charge in [0.05, 0.1) is 0 Å². The molecule has 0 radical (unpaired) electrons. The van der Waals surface area contributed by atoms with Gasteiger partial charge in [-0.15, -0.1) is 6.08 Å². The van der Waals surface area contributed by atoms with E-state index in [9.17, 15) is 12.9 Å². The van der Waals surface area contributed by atoms with Crippen LogP contribution in [-0.4, -0.2) is 6.98 Å². The first-order valence-corrected chi connectivity index (χ1v) is 4.92. The zero-order valence-corrected chi connectivity index (χ0v) is 12.2. The Kier molecular flexibility index (Phi) is 13.5. The summed E-state index contributed by atoms with van der Waals surface area (Å²) in [4.78, 5) is 0. The first-order valence-electron chi connectivity index (χ1n) is 4.92. The fourth-order valence-electron chi connectivity index (χ4n) is 1.06. The minimum absolute atomic E-state index is 0. The van der Waals surface area contributed by atoms with Crippen LogP contribution in [0.5, 0.6) is 0 Å². The molecule has 0 saturated carbocycles. The quantitative estimate of drug-likeness (QED) is 0.353. The molecule has 0 aromatic heterocycles. The van der Waals surface area contributed by atoms with Crippen LogP contribution in [0.3, 0.4) is 0 Å². The van der Waals surface area contributed by atoms with Gasteiger partial charge in [0.15, 0.2) is 0 Å². The molecule has 0 heterocycles. The van der Waals surface area contributed by atoms with Crippen molar-refractivity contribution in [2.45, 2.75) is 45.3 Å². The van der Waals surface area contributed by atoms with Crippen LogP contribution in [0.15, 0.2) is 12.2 Å². The molecule has 0 spiro atoms. The fourth-order valence-corrected chi connectivity index (χ4v) is 1.06. The van der Waals surface area contributed by atoms with Crippen LogP contribution in [0, 0.1) is 0 Å². The van der Waals surface area contributed by atoms with E-state index in [1.807, 2.05) is 0 Å². The van der Waals surface area contributed by atoms with Crippen LogP contribution in [0.1, 0.15) is 39.0 Å². The van der Waals surface area contributed by atoms with E-state index in [1.165, 1.54) is 12.5 Å². The van der Waals surface area contributed by atoms with Crippen molar-refractivity contribution in [3.05, 3.63) is 12.2 Å². The van der Waals surface area contributed by atoms with Gasteiger partial charge in [-0.2, -0.15) is 0 Å². The Hall–Kier alpha value is 1.23. The van der Waals surface area contributed by atoms with Crippen molar-refractivity contribution in [2.24, 2.45) is 0 Å². The predicted molar refractivity (Wildman–Crippen MR) is 51.8 cm³/mol. The first-order chi connectivity index (χ1) is 6.06. The van der Waals surface area contributed by atoms with E-state index in [0.29, 0.717) is 0 Å². The van der Waals surface area contributed by atoms with Crippen molar-refractivity contribution in [3.8, 4) is 0 Å². The van der Waals surface area contributed by atoms with Crippen molar-refractivity contribution < 1.29 is 64.3 Å². The topological polar surface area (TPSA) is 0 Å². The zero-order chi connectivity index (χ0) is 10.2. The smallest absolute Gasteiger partial charge is 0.449 e. The van der Waals surface area contributed by atoms with E-state index < -0.39 is 13.3 Å². The van der Waals surface area contributed by atoms with Crippen LogP contribution in [0.4, 0.5) is 12.9 Å². The summed E-state index contributed by atoms with van der Waals surface area (Å²) in [5.74, 6) is 0. The summed E-state index contributed by atoms with van der Waals surface area (Å²) in [6.07, 6.45) is 7.41. The summed E-state index contributed by atoms with van der Waals surface area (Å²) in [5, 5.41) is 0. The van der Waals surface area contributed by atoms with Gasteiger partial charge in [0.2, 0.25) is 0 Å². The Morgan fingerprint density at radius 3 is 2.14 bits per heavy atom. The van der Waals surface area contributed by atoms with E-state index in [2.05, 4.69) is 6.92 Å². The van der Waals surface area contributed by atoms with Gasteiger partial charge in [0, 0.05) is 0 Å². The van der Waals surface area contributed by atoms with Crippen molar-refractivity contribution in [1.29, 1.82) is 0 Å². The van der Waals surface area contributed by atoms with Crippen LogP contribution in [-0.2, 0) is 0 Å². The molecule has 0 fully saturated rings. The number of allylic oxidation sites excluding steroid dienone is 2. The van der Waals surface area contributed by atoms with Crippen LogP contribution in [0.2, 0.25) is 6.32 Å². The van der Waals surface area contributed by atoms with Crippen molar-refractivity contribution in [1.82, 2.24) is 0 Å². The molecule has 0 atom stereocenters. The average Bonchev–Trinajstić information content (AvgIpc) is 2.01. The molecule has 0 amide bonds. The maximum atomic E-state index is 11.7. The number of hydrogen-bond donors (Lipinski definition) is 0. The molecule has 0 aliphatic heterocycles. The Morgan fingerprint density at radius 1 is 1.00 bits per heavy atom. The molecular formula is C9H17BF3K. The molecule has 0 bridgehead atoms. The summed E-state index contributed by atoms with van der Waals surface area (Å²) >= 11 is 0. The maximum Gasteiger partial charge on any atom is 1.00 e. The largest absolute Gasteiger partial charge is 1.00 e. The SMILES string of the molecule is CCCCCC/C=C/C[B-](F)(F)F.[K+]. The van der Waals surface area contributed by atoms with Crippen molar-refractivity contribution >= 4 is 6.98 Å². The molecule has 0 aliphatic carbocycles. The molecule has 0 N–H and O–H groups in total. The number of unbranched alkanes of at least 4 members (excludes halogenated alkanes) is 4. The van der Waals surface area contributed by atoms with Gasteiger partial charge in [0.25, 0.3) is 0 Å². The second kappa shape index (κ2) is 10.7. The molecule has 0 rings (SSSR count). The van der Waals surface area contributed by atoms with Gasteiger partial charge < -0.3 is 12.9 Å². The Labute approximate surface area is 127 Å². The normalized spacial score (nSPS) is 11.7. The second-order valence-corrected chi connectivity index (χ2v) is 3.27. The molecule has 0 aromatic rings. The van der Waals surface area contributed by atoms with Gasteiger partial charge in [-0.25, -0.2) is 0 Å². The standard InChI is InChI=1S/C9H17BF3.K/c1-2-3-4-5-6-7-8-9-10(11,12)13;/h7-8H,2-6,9H2,1H3;/q-1;+1/b8-7+;. The Morgan fingerprint density at radius 2 is 1.64 bits per heavy atom. The predicted octanol–water partition coefficient (Wildman–Crippen LogP) is 1.36. The Bertz CT molecular complexity index is 145. The summed E-state index contributed by atoms with van der Waals surface area (Å²) < 4.78 is 35.1. The minimum Gasteiger partial charge on any atom is -0.449 e.